The Morgan fingerprint density at radius 3 is 2.70 bits per heavy atom. The number of carbonyl (C=O) groups is 1. The fourth-order valence-electron chi connectivity index (χ4n) is 2.89. The summed E-state index contributed by atoms with van der Waals surface area (Å²) in [5, 5.41) is 3.81. The molecule has 1 aliphatic rings. The number of ether oxygens (including phenoxy) is 2. The molecule has 5 nitrogen and oxygen atoms in total. The van der Waals surface area contributed by atoms with E-state index in [0.29, 0.717) is 26.6 Å². The lowest BCUT2D eigenvalue weighted by molar-refractivity contribution is -0.115. The third-order valence-electron chi connectivity index (χ3n) is 4.67. The van der Waals surface area contributed by atoms with E-state index in [1.54, 1.807) is 19.3 Å². The summed E-state index contributed by atoms with van der Waals surface area (Å²) in [7, 11) is 1.57. The summed E-state index contributed by atoms with van der Waals surface area (Å²) in [6.45, 7) is 8.05. The lowest BCUT2D eigenvalue weighted by atomic mass is 10.1. The molecule has 7 heteroatoms. The third-order valence-corrected chi connectivity index (χ3v) is 5.86. The van der Waals surface area contributed by atoms with Crippen molar-refractivity contribution in [1.29, 1.82) is 0 Å². The number of aryl methyl sites for hydroxylation is 2. The number of hydrogen-bond donors (Lipinski definition) is 1. The average molecular weight is 445 g/mol. The number of amides is 1. The molecule has 2 aromatic rings. The van der Waals surface area contributed by atoms with Gasteiger partial charge in [-0.2, -0.15) is 0 Å². The van der Waals surface area contributed by atoms with E-state index in [9.17, 15) is 4.79 Å². The number of halogens is 1. The maximum atomic E-state index is 12.4. The van der Waals surface area contributed by atoms with Crippen LogP contribution in [0.15, 0.2) is 40.2 Å². The van der Waals surface area contributed by atoms with E-state index in [1.807, 2.05) is 45.9 Å². The van der Waals surface area contributed by atoms with Crippen LogP contribution in [0.2, 0.25) is 5.02 Å². The van der Waals surface area contributed by atoms with Gasteiger partial charge in [0.1, 0.15) is 0 Å². The molecular formula is C23H25ClN2O3S. The molecule has 0 radical (unpaired) electrons. The second-order valence-electron chi connectivity index (χ2n) is 7.14. The van der Waals surface area contributed by atoms with Crippen LogP contribution in [-0.2, 0) is 4.79 Å². The summed E-state index contributed by atoms with van der Waals surface area (Å²) < 4.78 is 11.3. The van der Waals surface area contributed by atoms with Crippen molar-refractivity contribution >= 4 is 46.2 Å². The molecule has 2 aromatic carbocycles. The number of amidine groups is 1. The monoisotopic (exact) mass is 444 g/mol. The van der Waals surface area contributed by atoms with Gasteiger partial charge in [-0.3, -0.25) is 4.79 Å². The van der Waals surface area contributed by atoms with Gasteiger partial charge in [-0.1, -0.05) is 36.2 Å². The Balaban J connectivity index is 1.87. The van der Waals surface area contributed by atoms with E-state index in [1.165, 1.54) is 17.3 Å². The zero-order valence-corrected chi connectivity index (χ0v) is 19.3. The number of thioether (sulfide) groups is 1. The van der Waals surface area contributed by atoms with Crippen molar-refractivity contribution in [2.45, 2.75) is 40.2 Å². The summed E-state index contributed by atoms with van der Waals surface area (Å²) in [5.74, 6) is 0.844. The predicted molar refractivity (Wildman–Crippen MR) is 125 cm³/mol. The lowest BCUT2D eigenvalue weighted by Gasteiger charge is -2.17. The highest BCUT2D eigenvalue weighted by Crippen LogP contribution is 2.39. The molecule has 1 amide bonds. The minimum Gasteiger partial charge on any atom is -0.493 e. The summed E-state index contributed by atoms with van der Waals surface area (Å²) in [6.07, 6.45) is 2.64. The van der Waals surface area contributed by atoms with Gasteiger partial charge < -0.3 is 14.8 Å². The quantitative estimate of drug-likeness (QED) is 0.552. The Labute approximate surface area is 186 Å². The summed E-state index contributed by atoms with van der Waals surface area (Å²) in [5.41, 5.74) is 3.81. The molecular weight excluding hydrogens is 420 g/mol. The molecule has 1 aliphatic heterocycles. The van der Waals surface area contributed by atoms with Crippen LogP contribution in [0.25, 0.3) is 6.08 Å². The fraction of sp³-hybridized carbons (Fsp3) is 0.304. The number of hydrogen-bond acceptors (Lipinski definition) is 5. The van der Waals surface area contributed by atoms with Crippen molar-refractivity contribution in [1.82, 2.24) is 5.32 Å². The van der Waals surface area contributed by atoms with Gasteiger partial charge in [0, 0.05) is 0 Å². The van der Waals surface area contributed by atoms with Crippen LogP contribution in [-0.4, -0.2) is 24.3 Å². The average Bonchev–Trinajstić information content (AvgIpc) is 3.04. The second-order valence-corrected chi connectivity index (χ2v) is 8.58. The largest absolute Gasteiger partial charge is 0.493 e. The molecule has 0 aliphatic carbocycles. The minimum absolute atomic E-state index is 0.0146. The summed E-state index contributed by atoms with van der Waals surface area (Å²) in [6, 6.07) is 9.59. The molecule has 1 saturated heterocycles. The standard InChI is InChI=1S/C23H25ClN2O3S/c1-6-15(4)29-21-17(24)10-16(11-19(21)28-5)12-20-22(27)26-23(30-20)25-18-8-7-13(2)9-14(18)3/h7-12,15H,6H2,1-5H3,(H,25,26,27)/b20-12-/t15-/m0/s1. The third kappa shape index (κ3) is 5.18. The molecule has 3 rings (SSSR count). The number of methoxy groups -OCH3 is 1. The van der Waals surface area contributed by atoms with Gasteiger partial charge in [-0.15, -0.1) is 0 Å². The van der Waals surface area contributed by atoms with Crippen molar-refractivity contribution < 1.29 is 14.3 Å². The molecule has 0 saturated carbocycles. The van der Waals surface area contributed by atoms with Crippen molar-refractivity contribution in [3.63, 3.8) is 0 Å². The van der Waals surface area contributed by atoms with Gasteiger partial charge in [0.2, 0.25) is 0 Å². The fourth-order valence-corrected chi connectivity index (χ4v) is 3.99. The predicted octanol–water partition coefficient (Wildman–Crippen LogP) is 6.03. The number of aliphatic imine (C=N–C) groups is 1. The van der Waals surface area contributed by atoms with Crippen molar-refractivity contribution in [3.8, 4) is 11.5 Å². The van der Waals surface area contributed by atoms with E-state index >= 15 is 0 Å². The van der Waals surface area contributed by atoms with Gasteiger partial charge in [0.25, 0.3) is 5.91 Å². The van der Waals surface area contributed by atoms with Crippen molar-refractivity contribution in [2.24, 2.45) is 4.99 Å². The zero-order valence-electron chi connectivity index (χ0n) is 17.7. The SMILES string of the molecule is CC[C@H](C)Oc1c(Cl)cc(/C=C2\SC(=Nc3ccc(C)cc3C)NC2=O)cc1OC. The Hall–Kier alpha value is -2.44. The number of benzene rings is 2. The zero-order chi connectivity index (χ0) is 21.8. The van der Waals surface area contributed by atoms with E-state index in [2.05, 4.69) is 16.4 Å². The molecule has 1 heterocycles. The van der Waals surface area contributed by atoms with Gasteiger partial charge in [-0.25, -0.2) is 4.99 Å². The second kappa shape index (κ2) is 9.58. The first-order valence-electron chi connectivity index (χ1n) is 9.71. The van der Waals surface area contributed by atoms with E-state index in [0.717, 1.165) is 23.2 Å². The van der Waals surface area contributed by atoms with Crippen LogP contribution in [0.5, 0.6) is 11.5 Å². The molecule has 0 spiro atoms. The first-order chi connectivity index (χ1) is 14.3. The molecule has 158 valence electrons. The lowest BCUT2D eigenvalue weighted by Crippen LogP contribution is -2.19. The Kier molecular flexibility index (Phi) is 7.10. The number of nitrogens with one attached hydrogen (secondary N) is 1. The molecule has 1 N–H and O–H groups in total. The maximum absolute atomic E-state index is 12.4. The molecule has 30 heavy (non-hydrogen) atoms. The van der Waals surface area contributed by atoms with Gasteiger partial charge in [0.15, 0.2) is 16.7 Å². The number of nitrogens with zero attached hydrogens (tertiary/aromatic N) is 1. The smallest absolute Gasteiger partial charge is 0.264 e. The normalized spacial score (nSPS) is 17.3. The Morgan fingerprint density at radius 1 is 1.27 bits per heavy atom. The van der Waals surface area contributed by atoms with Crippen LogP contribution < -0.4 is 14.8 Å². The number of rotatable bonds is 6. The van der Waals surface area contributed by atoms with Gasteiger partial charge >= 0.3 is 0 Å². The number of carbonyl (C=O) groups excluding carboxylic acids is 1. The Morgan fingerprint density at radius 2 is 2.03 bits per heavy atom. The minimum atomic E-state index is -0.196. The highest BCUT2D eigenvalue weighted by molar-refractivity contribution is 8.18. The van der Waals surface area contributed by atoms with Gasteiger partial charge in [-0.05, 0) is 74.4 Å². The van der Waals surface area contributed by atoms with Gasteiger partial charge in [0.05, 0.1) is 28.8 Å². The van der Waals surface area contributed by atoms with E-state index in [4.69, 9.17) is 21.1 Å². The molecule has 1 fully saturated rings. The molecule has 0 aromatic heterocycles. The molecule has 1 atom stereocenters. The first-order valence-corrected chi connectivity index (χ1v) is 10.9. The maximum Gasteiger partial charge on any atom is 0.264 e. The summed E-state index contributed by atoms with van der Waals surface area (Å²) in [4.78, 5) is 17.6. The van der Waals surface area contributed by atoms with E-state index < -0.39 is 0 Å². The Bertz CT molecular complexity index is 1030. The van der Waals surface area contributed by atoms with Crippen LogP contribution in [0.3, 0.4) is 0 Å². The first kappa shape index (κ1) is 22.2. The molecule has 0 unspecified atom stereocenters. The van der Waals surface area contributed by atoms with Crippen LogP contribution >= 0.6 is 23.4 Å². The molecule has 0 bridgehead atoms. The van der Waals surface area contributed by atoms with Crippen LogP contribution in [0, 0.1) is 13.8 Å². The topological polar surface area (TPSA) is 59.9 Å². The van der Waals surface area contributed by atoms with Crippen LogP contribution in [0.1, 0.15) is 37.0 Å². The summed E-state index contributed by atoms with van der Waals surface area (Å²) >= 11 is 7.73. The van der Waals surface area contributed by atoms with Crippen molar-refractivity contribution in [2.75, 3.05) is 7.11 Å². The van der Waals surface area contributed by atoms with E-state index in [-0.39, 0.29) is 12.0 Å². The van der Waals surface area contributed by atoms with Crippen LogP contribution in [0.4, 0.5) is 5.69 Å². The highest BCUT2D eigenvalue weighted by atomic mass is 35.5. The highest BCUT2D eigenvalue weighted by Gasteiger charge is 2.24. The van der Waals surface area contributed by atoms with Crippen molar-refractivity contribution in [3.05, 3.63) is 56.9 Å².